The molecule has 0 aliphatic rings. The lowest BCUT2D eigenvalue weighted by atomic mass is 10.1. The predicted molar refractivity (Wildman–Crippen MR) is 54.2 cm³/mol. The van der Waals surface area contributed by atoms with Gasteiger partial charge in [-0.3, -0.25) is 4.98 Å². The molecule has 0 aliphatic carbocycles. The van der Waals surface area contributed by atoms with Gasteiger partial charge in [-0.25, -0.2) is 0 Å². The zero-order valence-electron chi connectivity index (χ0n) is 7.42. The molecule has 1 aromatic heterocycles. The van der Waals surface area contributed by atoms with E-state index in [9.17, 15) is 4.39 Å². The summed E-state index contributed by atoms with van der Waals surface area (Å²) in [6, 6.07) is 9.06. The molecule has 0 unspecified atom stereocenters. The Morgan fingerprint density at radius 3 is 2.86 bits per heavy atom. The Balaban J connectivity index is 2.65. The van der Waals surface area contributed by atoms with Crippen molar-refractivity contribution < 1.29 is 4.39 Å². The van der Waals surface area contributed by atoms with Crippen molar-refractivity contribution in [3.8, 4) is 12.1 Å². The second-order valence-corrected chi connectivity index (χ2v) is 2.93. The van der Waals surface area contributed by atoms with Gasteiger partial charge in [0.1, 0.15) is 6.17 Å². The fourth-order valence-electron chi connectivity index (χ4n) is 1.30. The number of nitrogens with zero attached hydrogens (tertiary/aromatic N) is 1. The lowest BCUT2D eigenvalue weighted by molar-refractivity contribution is 0.774. The summed E-state index contributed by atoms with van der Waals surface area (Å²) >= 11 is 0. The average molecular weight is 184 g/mol. The molecule has 2 aromatic rings. The molecule has 0 bridgehead atoms. The van der Waals surface area contributed by atoms with Crippen molar-refractivity contribution in [3.05, 3.63) is 48.5 Å². The van der Waals surface area contributed by atoms with Gasteiger partial charge in [0.15, 0.2) is 0 Å². The van der Waals surface area contributed by atoms with E-state index in [-0.39, 0.29) is 0 Å². The molecule has 1 nitrogen and oxygen atoms in total. The highest BCUT2D eigenvalue weighted by Gasteiger charge is 1.95. The van der Waals surface area contributed by atoms with Crippen LogP contribution in [0.15, 0.2) is 30.3 Å². The van der Waals surface area contributed by atoms with Crippen molar-refractivity contribution in [3.63, 3.8) is 0 Å². The number of rotatable bonds is 0. The molecular formula is C12H7FN. The van der Waals surface area contributed by atoms with E-state index in [1.807, 2.05) is 18.2 Å². The quantitative estimate of drug-likeness (QED) is 0.573. The van der Waals surface area contributed by atoms with Gasteiger partial charge in [0.2, 0.25) is 0 Å². The Kier molecular flexibility index (Phi) is 2.16. The van der Waals surface area contributed by atoms with Crippen molar-refractivity contribution in [2.45, 2.75) is 0 Å². The van der Waals surface area contributed by atoms with Crippen LogP contribution in [0.1, 0.15) is 11.3 Å². The van der Waals surface area contributed by atoms with Gasteiger partial charge >= 0.3 is 0 Å². The Bertz CT molecular complexity index is 535. The average Bonchev–Trinajstić information content (AvgIpc) is 2.19. The fourth-order valence-corrected chi connectivity index (χ4v) is 1.30. The number of pyridine rings is 1. The Hall–Kier alpha value is -1.88. The minimum atomic E-state index is 0.651. The number of hydrogen-bond donors (Lipinski definition) is 0. The van der Waals surface area contributed by atoms with Crippen LogP contribution < -0.4 is 0 Å². The molecule has 67 valence electrons. The van der Waals surface area contributed by atoms with Gasteiger partial charge < -0.3 is 0 Å². The summed E-state index contributed by atoms with van der Waals surface area (Å²) in [7, 11) is 0. The number of benzene rings is 1. The third kappa shape index (κ3) is 1.57. The predicted octanol–water partition coefficient (Wildman–Crippen LogP) is 2.70. The Morgan fingerprint density at radius 1 is 1.21 bits per heavy atom. The van der Waals surface area contributed by atoms with Gasteiger partial charge in [0.05, 0.1) is 5.52 Å². The minimum Gasteiger partial charge on any atom is -0.253 e. The first-order valence-corrected chi connectivity index (χ1v) is 4.14. The first kappa shape index (κ1) is 8.71. The Labute approximate surface area is 81.6 Å². The standard InChI is InChI=1S/C12H7FN/c1-9-2-4-11-8-10(6-7-13)3-5-12(11)14-9/h2-5,8H,1H2. The third-order valence-electron chi connectivity index (χ3n) is 1.94. The molecule has 1 aromatic carbocycles. The molecule has 0 amide bonds. The van der Waals surface area contributed by atoms with Gasteiger partial charge in [-0.15, -0.1) is 4.39 Å². The number of hydrogen-bond acceptors (Lipinski definition) is 1. The maximum absolute atomic E-state index is 11.8. The molecule has 1 heterocycles. The van der Waals surface area contributed by atoms with E-state index in [0.29, 0.717) is 5.56 Å². The summed E-state index contributed by atoms with van der Waals surface area (Å²) in [4.78, 5) is 4.22. The van der Waals surface area contributed by atoms with Crippen LogP contribution in [0.2, 0.25) is 0 Å². The molecule has 1 radical (unpaired) electrons. The highest BCUT2D eigenvalue weighted by Crippen LogP contribution is 2.13. The summed E-state index contributed by atoms with van der Waals surface area (Å²) in [5.74, 6) is 2.35. The van der Waals surface area contributed by atoms with Gasteiger partial charge in [-0.2, -0.15) is 0 Å². The van der Waals surface area contributed by atoms with Crippen molar-refractivity contribution in [1.82, 2.24) is 4.98 Å². The molecule has 2 heteroatoms. The molecule has 0 atom stereocenters. The van der Waals surface area contributed by atoms with Gasteiger partial charge in [0, 0.05) is 16.6 Å². The SMILES string of the molecule is [CH2]c1ccc2cc(C#CF)ccc2n1. The van der Waals surface area contributed by atoms with Crippen LogP contribution in [0.25, 0.3) is 10.9 Å². The third-order valence-corrected chi connectivity index (χ3v) is 1.94. The fraction of sp³-hybridized carbons (Fsp3) is 0. The maximum Gasteiger partial charge on any atom is 0.111 e. The van der Waals surface area contributed by atoms with Crippen LogP contribution in [-0.2, 0) is 0 Å². The van der Waals surface area contributed by atoms with Gasteiger partial charge in [-0.1, -0.05) is 6.07 Å². The van der Waals surface area contributed by atoms with Gasteiger partial charge in [-0.05, 0) is 37.1 Å². The normalized spacial score (nSPS) is 9.57. The smallest absolute Gasteiger partial charge is 0.111 e. The van der Waals surface area contributed by atoms with Crippen LogP contribution in [0.3, 0.4) is 0 Å². The van der Waals surface area contributed by atoms with Crippen molar-refractivity contribution in [1.29, 1.82) is 0 Å². The first-order valence-electron chi connectivity index (χ1n) is 4.14. The zero-order chi connectivity index (χ0) is 9.97. The molecule has 2 rings (SSSR count). The van der Waals surface area contributed by atoms with E-state index >= 15 is 0 Å². The summed E-state index contributed by atoms with van der Waals surface area (Å²) in [6.07, 6.45) is 1.38. The molecule has 14 heavy (non-hydrogen) atoms. The molecule has 0 N–H and O–H groups in total. The molecule has 0 spiro atoms. The minimum absolute atomic E-state index is 0.651. The molecule has 0 saturated heterocycles. The molecule has 0 aliphatic heterocycles. The van der Waals surface area contributed by atoms with Crippen LogP contribution >= 0.6 is 0 Å². The summed E-state index contributed by atoms with van der Waals surface area (Å²) in [5, 5.41) is 0.942. The van der Waals surface area contributed by atoms with Crippen LogP contribution in [0, 0.1) is 19.0 Å². The Morgan fingerprint density at radius 2 is 2.07 bits per heavy atom. The monoisotopic (exact) mass is 184 g/mol. The highest BCUT2D eigenvalue weighted by atomic mass is 19.1. The second kappa shape index (κ2) is 3.47. The van der Waals surface area contributed by atoms with Crippen molar-refractivity contribution in [2.75, 3.05) is 0 Å². The van der Waals surface area contributed by atoms with Gasteiger partial charge in [0.25, 0.3) is 0 Å². The van der Waals surface area contributed by atoms with Crippen molar-refractivity contribution >= 4 is 10.9 Å². The molecular weight excluding hydrogens is 177 g/mol. The number of halogens is 1. The topological polar surface area (TPSA) is 12.9 Å². The van der Waals surface area contributed by atoms with E-state index < -0.39 is 0 Å². The van der Waals surface area contributed by atoms with E-state index in [1.54, 1.807) is 12.1 Å². The largest absolute Gasteiger partial charge is 0.253 e. The van der Waals surface area contributed by atoms with E-state index in [2.05, 4.69) is 17.8 Å². The van der Waals surface area contributed by atoms with Crippen LogP contribution in [-0.4, -0.2) is 4.98 Å². The lowest BCUT2D eigenvalue weighted by Gasteiger charge is -1.98. The highest BCUT2D eigenvalue weighted by molar-refractivity contribution is 5.80. The number of fused-ring (bicyclic) bond motifs is 1. The number of aromatic nitrogens is 1. The van der Waals surface area contributed by atoms with Crippen molar-refractivity contribution in [2.24, 2.45) is 0 Å². The summed E-state index contributed by atoms with van der Waals surface area (Å²) in [6.45, 7) is 3.73. The lowest BCUT2D eigenvalue weighted by Crippen LogP contribution is -1.83. The van der Waals surface area contributed by atoms with E-state index in [4.69, 9.17) is 0 Å². The molecule has 0 fully saturated rings. The first-order chi connectivity index (χ1) is 6.79. The van der Waals surface area contributed by atoms with Crippen LogP contribution in [0.5, 0.6) is 0 Å². The summed E-state index contributed by atoms with van der Waals surface area (Å²) in [5.41, 5.74) is 2.22. The van der Waals surface area contributed by atoms with E-state index in [1.165, 1.54) is 6.17 Å². The van der Waals surface area contributed by atoms with Crippen LogP contribution in [0.4, 0.5) is 4.39 Å². The maximum atomic E-state index is 11.8. The second-order valence-electron chi connectivity index (χ2n) is 2.93. The summed E-state index contributed by atoms with van der Waals surface area (Å²) < 4.78 is 11.8. The van der Waals surface area contributed by atoms with E-state index in [0.717, 1.165) is 16.6 Å². The zero-order valence-corrected chi connectivity index (χ0v) is 7.42. The molecule has 0 saturated carbocycles.